The van der Waals surface area contributed by atoms with Crippen LogP contribution in [0.1, 0.15) is 5.56 Å². The molecule has 6 heteroatoms. The summed E-state index contributed by atoms with van der Waals surface area (Å²) < 4.78 is 34.6. The van der Waals surface area contributed by atoms with E-state index in [1.165, 1.54) is 12.1 Å². The lowest BCUT2D eigenvalue weighted by Gasteiger charge is -2.12. The number of nitrogens with two attached hydrogens (primary N) is 1. The van der Waals surface area contributed by atoms with Crippen LogP contribution in [0.3, 0.4) is 0 Å². The number of halogens is 2. The molecular weight excluding hydrogens is 266 g/mol. The zero-order valence-electron chi connectivity index (χ0n) is 10.6. The van der Waals surface area contributed by atoms with Gasteiger partial charge in [0.1, 0.15) is 0 Å². The number of para-hydroxylation sites is 1. The van der Waals surface area contributed by atoms with Crippen molar-refractivity contribution in [3.8, 4) is 11.5 Å². The Labute approximate surface area is 114 Å². The third-order valence-electron chi connectivity index (χ3n) is 2.98. The molecule has 3 N–H and O–H groups in total. The van der Waals surface area contributed by atoms with E-state index in [0.717, 1.165) is 11.3 Å². The van der Waals surface area contributed by atoms with E-state index < -0.39 is 6.29 Å². The van der Waals surface area contributed by atoms with Crippen LogP contribution in [-0.2, 0) is 0 Å². The number of rotatable bonds is 2. The van der Waals surface area contributed by atoms with Gasteiger partial charge in [0, 0.05) is 11.8 Å². The predicted molar refractivity (Wildman–Crippen MR) is 71.5 cm³/mol. The number of ether oxygens (including phenoxy) is 2. The molecule has 0 fully saturated rings. The summed E-state index contributed by atoms with van der Waals surface area (Å²) in [4.78, 5) is 0. The summed E-state index contributed by atoms with van der Waals surface area (Å²) in [5.74, 6) is 0.00506. The number of nitrogen functional groups attached to an aromatic ring is 1. The van der Waals surface area contributed by atoms with Gasteiger partial charge in [-0.3, -0.25) is 0 Å². The van der Waals surface area contributed by atoms with Gasteiger partial charge < -0.3 is 20.5 Å². The topological polar surface area (TPSA) is 56.5 Å². The summed E-state index contributed by atoms with van der Waals surface area (Å²) in [6.07, 6.45) is -3.61. The van der Waals surface area contributed by atoms with Crippen molar-refractivity contribution >= 4 is 17.1 Å². The quantitative estimate of drug-likeness (QED) is 0.823. The normalized spacial score (nSPS) is 15.2. The molecular formula is C14H12F2N2O2. The molecule has 0 radical (unpaired) electrons. The molecule has 0 atom stereocenters. The number of nitrogens with one attached hydrogen (secondary N) is 1. The number of fused-ring (bicyclic) bond motifs is 1. The molecule has 0 spiro atoms. The molecule has 2 aromatic carbocycles. The van der Waals surface area contributed by atoms with E-state index >= 15 is 0 Å². The number of hydrogen-bond acceptors (Lipinski definition) is 4. The molecule has 2 aromatic rings. The maximum Gasteiger partial charge on any atom is 0.586 e. The van der Waals surface area contributed by atoms with Gasteiger partial charge in [-0.25, -0.2) is 0 Å². The monoisotopic (exact) mass is 278 g/mol. The molecule has 104 valence electrons. The second kappa shape index (κ2) is 4.26. The minimum atomic E-state index is -3.61. The van der Waals surface area contributed by atoms with Gasteiger partial charge in [0.25, 0.3) is 0 Å². The average Bonchev–Trinajstić information content (AvgIpc) is 2.67. The van der Waals surface area contributed by atoms with Gasteiger partial charge in [-0.15, -0.1) is 8.78 Å². The fraction of sp³-hybridized carbons (Fsp3) is 0.143. The molecule has 20 heavy (non-hydrogen) atoms. The first-order chi connectivity index (χ1) is 9.44. The van der Waals surface area contributed by atoms with Crippen molar-refractivity contribution in [2.45, 2.75) is 13.2 Å². The summed E-state index contributed by atoms with van der Waals surface area (Å²) in [5.41, 5.74) is 8.74. The Morgan fingerprint density at radius 3 is 2.60 bits per heavy atom. The second-order valence-corrected chi connectivity index (χ2v) is 4.49. The number of hydrogen-bond donors (Lipinski definition) is 2. The van der Waals surface area contributed by atoms with Crippen molar-refractivity contribution in [3.05, 3.63) is 42.0 Å². The lowest BCUT2D eigenvalue weighted by molar-refractivity contribution is -0.286. The van der Waals surface area contributed by atoms with Gasteiger partial charge in [-0.1, -0.05) is 12.1 Å². The first kappa shape index (κ1) is 12.5. The molecule has 0 amide bonds. The molecule has 1 aliphatic rings. The molecule has 0 saturated heterocycles. The van der Waals surface area contributed by atoms with Crippen LogP contribution < -0.4 is 20.5 Å². The van der Waals surface area contributed by atoms with Crippen LogP contribution in [0, 0.1) is 6.92 Å². The second-order valence-electron chi connectivity index (χ2n) is 4.49. The average molecular weight is 278 g/mol. The third-order valence-corrected chi connectivity index (χ3v) is 2.98. The van der Waals surface area contributed by atoms with Gasteiger partial charge in [0.2, 0.25) is 0 Å². The third kappa shape index (κ3) is 2.20. The lowest BCUT2D eigenvalue weighted by atomic mass is 10.1. The summed E-state index contributed by atoms with van der Waals surface area (Å²) in [7, 11) is 0. The fourth-order valence-corrected chi connectivity index (χ4v) is 2.03. The Kier molecular flexibility index (Phi) is 2.67. The number of anilines is 3. The molecule has 0 saturated carbocycles. The van der Waals surface area contributed by atoms with E-state index in [-0.39, 0.29) is 11.5 Å². The molecule has 1 heterocycles. The van der Waals surface area contributed by atoms with Crippen molar-refractivity contribution in [2.24, 2.45) is 0 Å². The largest absolute Gasteiger partial charge is 0.586 e. The van der Waals surface area contributed by atoms with Crippen molar-refractivity contribution in [2.75, 3.05) is 11.1 Å². The highest BCUT2D eigenvalue weighted by Crippen LogP contribution is 2.42. The van der Waals surface area contributed by atoms with Crippen molar-refractivity contribution in [3.63, 3.8) is 0 Å². The molecule has 4 nitrogen and oxygen atoms in total. The summed E-state index contributed by atoms with van der Waals surface area (Å²) >= 11 is 0. The maximum absolute atomic E-state index is 12.9. The van der Waals surface area contributed by atoms with Crippen LogP contribution >= 0.6 is 0 Å². The van der Waals surface area contributed by atoms with Crippen molar-refractivity contribution in [1.29, 1.82) is 0 Å². The Morgan fingerprint density at radius 1 is 1.10 bits per heavy atom. The molecule has 1 aliphatic heterocycles. The van der Waals surface area contributed by atoms with E-state index in [1.807, 2.05) is 19.1 Å². The SMILES string of the molecule is Cc1cccc(N)c1Nc1ccc2c(c1)OC(F)(F)O2. The number of alkyl halides is 2. The highest BCUT2D eigenvalue weighted by atomic mass is 19.3. The highest BCUT2D eigenvalue weighted by Gasteiger charge is 2.43. The maximum atomic E-state index is 12.9. The zero-order valence-corrected chi connectivity index (χ0v) is 10.6. The lowest BCUT2D eigenvalue weighted by Crippen LogP contribution is -2.25. The van der Waals surface area contributed by atoms with E-state index in [4.69, 9.17) is 5.73 Å². The van der Waals surface area contributed by atoms with Crippen LogP contribution in [0.5, 0.6) is 11.5 Å². The standard InChI is InChI=1S/C14H12F2N2O2/c1-8-3-2-4-10(17)13(8)18-9-5-6-11-12(7-9)20-14(15,16)19-11/h2-7,18H,17H2,1H3. The van der Waals surface area contributed by atoms with Gasteiger partial charge in [0.05, 0.1) is 11.4 Å². The summed E-state index contributed by atoms with van der Waals surface area (Å²) in [5, 5.41) is 3.09. The van der Waals surface area contributed by atoms with Gasteiger partial charge in [0.15, 0.2) is 11.5 Å². The number of benzene rings is 2. The summed E-state index contributed by atoms with van der Waals surface area (Å²) in [6, 6.07) is 10.00. The minimum absolute atomic E-state index is 0.00726. The van der Waals surface area contributed by atoms with Crippen LogP contribution in [0.25, 0.3) is 0 Å². The van der Waals surface area contributed by atoms with E-state index in [0.29, 0.717) is 11.4 Å². The van der Waals surface area contributed by atoms with Gasteiger partial charge in [-0.2, -0.15) is 0 Å². The molecule has 3 rings (SSSR count). The predicted octanol–water partition coefficient (Wildman–Crippen LogP) is 3.64. The van der Waals surface area contributed by atoms with E-state index in [9.17, 15) is 8.78 Å². The minimum Gasteiger partial charge on any atom is -0.397 e. The van der Waals surface area contributed by atoms with Crippen molar-refractivity contribution < 1.29 is 18.3 Å². The van der Waals surface area contributed by atoms with Gasteiger partial charge in [-0.05, 0) is 30.7 Å². The van der Waals surface area contributed by atoms with Gasteiger partial charge >= 0.3 is 6.29 Å². The highest BCUT2D eigenvalue weighted by molar-refractivity contribution is 5.76. The van der Waals surface area contributed by atoms with Crippen LogP contribution in [0.2, 0.25) is 0 Å². The smallest absolute Gasteiger partial charge is 0.397 e. The van der Waals surface area contributed by atoms with Crippen LogP contribution in [0.4, 0.5) is 25.8 Å². The Balaban J connectivity index is 1.91. The molecule has 0 unspecified atom stereocenters. The molecule has 0 aromatic heterocycles. The zero-order chi connectivity index (χ0) is 14.3. The summed E-state index contributed by atoms with van der Waals surface area (Å²) in [6.45, 7) is 1.90. The van der Waals surface area contributed by atoms with Crippen LogP contribution in [-0.4, -0.2) is 6.29 Å². The Bertz CT molecular complexity index is 654. The van der Waals surface area contributed by atoms with Crippen molar-refractivity contribution in [1.82, 2.24) is 0 Å². The molecule has 0 aliphatic carbocycles. The first-order valence-corrected chi connectivity index (χ1v) is 5.97. The fourth-order valence-electron chi connectivity index (χ4n) is 2.03. The van der Waals surface area contributed by atoms with Crippen LogP contribution in [0.15, 0.2) is 36.4 Å². The van der Waals surface area contributed by atoms with E-state index in [1.54, 1.807) is 12.1 Å². The first-order valence-electron chi connectivity index (χ1n) is 5.97. The molecule has 0 bridgehead atoms. The number of aryl methyl sites for hydroxylation is 1. The Morgan fingerprint density at radius 2 is 1.85 bits per heavy atom. The van der Waals surface area contributed by atoms with E-state index in [2.05, 4.69) is 14.8 Å². The Hall–Kier alpha value is -2.50.